The van der Waals surface area contributed by atoms with Gasteiger partial charge in [-0.1, -0.05) is 45.2 Å². The van der Waals surface area contributed by atoms with Gasteiger partial charge in [-0.25, -0.2) is 0 Å². The van der Waals surface area contributed by atoms with Crippen molar-refractivity contribution in [3.8, 4) is 0 Å². The maximum atomic E-state index is 11.8. The molecule has 0 aliphatic heterocycles. The highest BCUT2D eigenvalue weighted by atomic mass is 79.9. The lowest BCUT2D eigenvalue weighted by Gasteiger charge is -2.21. The first-order valence-corrected chi connectivity index (χ1v) is 7.29. The third-order valence-electron chi connectivity index (χ3n) is 2.76. The number of nitrogens with zero attached hydrogens (tertiary/aromatic N) is 1. The Morgan fingerprint density at radius 3 is 2.59 bits per heavy atom. The number of hydrogen-bond donors (Lipinski definition) is 0. The Kier molecular flexibility index (Phi) is 4.34. The van der Waals surface area contributed by atoms with Crippen LogP contribution in [0.2, 0.25) is 10.0 Å². The second kappa shape index (κ2) is 5.59. The van der Waals surface area contributed by atoms with Gasteiger partial charge in [-0.2, -0.15) is 0 Å². The van der Waals surface area contributed by atoms with E-state index in [1.165, 1.54) is 0 Å². The zero-order valence-corrected chi connectivity index (χ0v) is 12.2. The standard InChI is InChI=1S/C12H12BrCl2NO/c13-6-12(17)16(9-2-3-9)7-8-1-4-10(14)11(15)5-8/h1,4-5,9H,2-3,6-7H2. The van der Waals surface area contributed by atoms with Crippen molar-refractivity contribution in [1.29, 1.82) is 0 Å². The predicted molar refractivity (Wildman–Crippen MR) is 73.8 cm³/mol. The Morgan fingerprint density at radius 2 is 2.06 bits per heavy atom. The van der Waals surface area contributed by atoms with Crippen LogP contribution in [-0.4, -0.2) is 22.2 Å². The summed E-state index contributed by atoms with van der Waals surface area (Å²) in [6, 6.07) is 5.89. The van der Waals surface area contributed by atoms with Gasteiger partial charge in [-0.05, 0) is 30.5 Å². The number of benzene rings is 1. The average molecular weight is 337 g/mol. The smallest absolute Gasteiger partial charge is 0.233 e. The molecule has 0 atom stereocenters. The van der Waals surface area contributed by atoms with Crippen LogP contribution < -0.4 is 0 Å². The molecule has 0 N–H and O–H groups in total. The molecule has 1 saturated carbocycles. The highest BCUT2D eigenvalue weighted by molar-refractivity contribution is 9.09. The van der Waals surface area contributed by atoms with Gasteiger partial charge in [0.2, 0.25) is 5.91 Å². The molecular weight excluding hydrogens is 325 g/mol. The van der Waals surface area contributed by atoms with Crippen LogP contribution in [0.1, 0.15) is 18.4 Å². The van der Waals surface area contributed by atoms with E-state index in [0.29, 0.717) is 28.0 Å². The lowest BCUT2D eigenvalue weighted by atomic mass is 10.2. The molecule has 1 aromatic carbocycles. The van der Waals surface area contributed by atoms with Crippen LogP contribution in [0.4, 0.5) is 0 Å². The van der Waals surface area contributed by atoms with E-state index in [1.807, 2.05) is 17.0 Å². The van der Waals surface area contributed by atoms with E-state index in [0.717, 1.165) is 18.4 Å². The summed E-state index contributed by atoms with van der Waals surface area (Å²) in [7, 11) is 0. The van der Waals surface area contributed by atoms with E-state index < -0.39 is 0 Å². The number of hydrogen-bond acceptors (Lipinski definition) is 1. The van der Waals surface area contributed by atoms with Crippen LogP contribution in [0.15, 0.2) is 18.2 Å². The first-order chi connectivity index (χ1) is 8.11. The van der Waals surface area contributed by atoms with E-state index in [-0.39, 0.29) is 5.91 Å². The van der Waals surface area contributed by atoms with Crippen LogP contribution in [-0.2, 0) is 11.3 Å². The number of amides is 1. The summed E-state index contributed by atoms with van der Waals surface area (Å²) in [5, 5.41) is 1.44. The molecule has 1 aliphatic rings. The summed E-state index contributed by atoms with van der Waals surface area (Å²) in [5.41, 5.74) is 1.01. The van der Waals surface area contributed by atoms with Crippen molar-refractivity contribution in [2.75, 3.05) is 5.33 Å². The van der Waals surface area contributed by atoms with E-state index in [9.17, 15) is 4.79 Å². The number of halogens is 3. The van der Waals surface area contributed by atoms with Crippen molar-refractivity contribution < 1.29 is 4.79 Å². The molecule has 0 radical (unpaired) electrons. The fraction of sp³-hybridized carbons (Fsp3) is 0.417. The normalized spacial score (nSPS) is 14.8. The van der Waals surface area contributed by atoms with Gasteiger partial charge >= 0.3 is 0 Å². The van der Waals surface area contributed by atoms with Crippen molar-refractivity contribution >= 4 is 45.0 Å². The van der Waals surface area contributed by atoms with Crippen LogP contribution in [0.25, 0.3) is 0 Å². The van der Waals surface area contributed by atoms with Gasteiger partial charge in [0, 0.05) is 12.6 Å². The summed E-state index contributed by atoms with van der Waals surface area (Å²) >= 11 is 15.0. The van der Waals surface area contributed by atoms with Gasteiger partial charge in [0.15, 0.2) is 0 Å². The molecule has 2 rings (SSSR count). The van der Waals surface area contributed by atoms with Crippen molar-refractivity contribution in [1.82, 2.24) is 4.90 Å². The van der Waals surface area contributed by atoms with Gasteiger partial charge in [0.05, 0.1) is 15.4 Å². The first-order valence-electron chi connectivity index (χ1n) is 5.41. The third-order valence-corrected chi connectivity index (χ3v) is 3.98. The summed E-state index contributed by atoms with van der Waals surface area (Å²) in [5.74, 6) is 0.124. The van der Waals surface area contributed by atoms with Crippen molar-refractivity contribution in [3.05, 3.63) is 33.8 Å². The van der Waals surface area contributed by atoms with Crippen LogP contribution in [0, 0.1) is 0 Å². The first kappa shape index (κ1) is 13.2. The maximum absolute atomic E-state index is 11.8. The van der Waals surface area contributed by atoms with Gasteiger partial charge in [0.25, 0.3) is 0 Å². The summed E-state index contributed by atoms with van der Waals surface area (Å²) in [6.07, 6.45) is 2.19. The molecular formula is C12H12BrCl2NO. The van der Waals surface area contributed by atoms with Crippen molar-refractivity contribution in [3.63, 3.8) is 0 Å². The minimum absolute atomic E-state index is 0.124. The predicted octanol–water partition coefficient (Wildman–Crippen LogP) is 3.88. The molecule has 1 amide bonds. The Bertz CT molecular complexity index is 435. The monoisotopic (exact) mass is 335 g/mol. The largest absolute Gasteiger partial charge is 0.335 e. The average Bonchev–Trinajstić information content (AvgIpc) is 3.13. The van der Waals surface area contributed by atoms with Gasteiger partial charge in [0.1, 0.15) is 0 Å². The summed E-state index contributed by atoms with van der Waals surface area (Å²) in [6.45, 7) is 0.603. The number of carbonyl (C=O) groups excluding carboxylic acids is 1. The lowest BCUT2D eigenvalue weighted by molar-refractivity contribution is -0.129. The Hall–Kier alpha value is -0.250. The minimum atomic E-state index is 0.124. The summed E-state index contributed by atoms with van der Waals surface area (Å²) < 4.78 is 0. The highest BCUT2D eigenvalue weighted by Crippen LogP contribution is 2.30. The van der Waals surface area contributed by atoms with Gasteiger partial charge < -0.3 is 4.90 Å². The molecule has 1 aliphatic carbocycles. The maximum Gasteiger partial charge on any atom is 0.233 e. The van der Waals surface area contributed by atoms with Gasteiger partial charge in [-0.3, -0.25) is 4.79 Å². The van der Waals surface area contributed by atoms with Crippen LogP contribution in [0.3, 0.4) is 0 Å². The summed E-state index contributed by atoms with van der Waals surface area (Å²) in [4.78, 5) is 13.7. The molecule has 17 heavy (non-hydrogen) atoms. The molecule has 0 unspecified atom stereocenters. The second-order valence-corrected chi connectivity index (χ2v) is 5.51. The lowest BCUT2D eigenvalue weighted by Crippen LogP contribution is -2.33. The molecule has 0 heterocycles. The fourth-order valence-corrected chi connectivity index (χ4v) is 2.36. The molecule has 5 heteroatoms. The van der Waals surface area contributed by atoms with E-state index in [4.69, 9.17) is 23.2 Å². The van der Waals surface area contributed by atoms with Crippen molar-refractivity contribution in [2.24, 2.45) is 0 Å². The zero-order chi connectivity index (χ0) is 12.4. The molecule has 92 valence electrons. The Morgan fingerprint density at radius 1 is 1.35 bits per heavy atom. The molecule has 2 nitrogen and oxygen atoms in total. The van der Waals surface area contributed by atoms with Gasteiger partial charge in [-0.15, -0.1) is 0 Å². The Labute approximate surface area is 119 Å². The molecule has 0 saturated heterocycles. The fourth-order valence-electron chi connectivity index (χ4n) is 1.72. The van der Waals surface area contributed by atoms with E-state index in [1.54, 1.807) is 6.07 Å². The zero-order valence-electron chi connectivity index (χ0n) is 9.13. The minimum Gasteiger partial charge on any atom is -0.335 e. The third kappa shape index (κ3) is 3.36. The molecule has 0 bridgehead atoms. The van der Waals surface area contributed by atoms with Crippen LogP contribution in [0.5, 0.6) is 0 Å². The molecule has 0 spiro atoms. The number of alkyl halides is 1. The topological polar surface area (TPSA) is 20.3 Å². The SMILES string of the molecule is O=C(CBr)N(Cc1ccc(Cl)c(Cl)c1)C1CC1. The van der Waals surface area contributed by atoms with E-state index in [2.05, 4.69) is 15.9 Å². The molecule has 1 fully saturated rings. The highest BCUT2D eigenvalue weighted by Gasteiger charge is 2.31. The molecule has 0 aromatic heterocycles. The number of carbonyl (C=O) groups is 1. The molecule has 1 aromatic rings. The second-order valence-electron chi connectivity index (χ2n) is 4.13. The Balaban J connectivity index is 2.11. The number of rotatable bonds is 4. The van der Waals surface area contributed by atoms with Crippen LogP contribution >= 0.6 is 39.1 Å². The quantitative estimate of drug-likeness (QED) is 0.764. The van der Waals surface area contributed by atoms with Crippen molar-refractivity contribution in [2.45, 2.75) is 25.4 Å². The van der Waals surface area contributed by atoms with E-state index >= 15 is 0 Å².